The number of nitrogens with two attached hydrogens (primary N) is 1. The Morgan fingerprint density at radius 2 is 2.18 bits per heavy atom. The Hall–Kier alpha value is -1.55. The zero-order valence-corrected chi connectivity index (χ0v) is 10.1. The maximum atomic E-state index is 7.34. The van der Waals surface area contributed by atoms with Gasteiger partial charge in [-0.05, 0) is 30.7 Å². The topological polar surface area (TPSA) is 62.3 Å². The molecule has 3 N–H and O–H groups in total. The number of ether oxygens (including phenoxy) is 1. The molecule has 0 saturated carbocycles. The zero-order valence-electron chi connectivity index (χ0n) is 10.1. The Balaban J connectivity index is 1.98. The lowest BCUT2D eigenvalue weighted by molar-refractivity contribution is 0.186. The van der Waals surface area contributed by atoms with Gasteiger partial charge in [-0.2, -0.15) is 0 Å². The normalized spacial score (nSPS) is 19.2. The minimum atomic E-state index is 0.114. The van der Waals surface area contributed by atoms with Gasteiger partial charge in [-0.25, -0.2) is 0 Å². The molecule has 17 heavy (non-hydrogen) atoms. The number of anilines is 1. The molecule has 2 rings (SSSR count). The van der Waals surface area contributed by atoms with Gasteiger partial charge in [-0.15, -0.1) is 0 Å². The fraction of sp³-hybridized carbons (Fsp3) is 0.462. The molecule has 1 aliphatic heterocycles. The second-order valence-electron chi connectivity index (χ2n) is 4.57. The second-order valence-corrected chi connectivity index (χ2v) is 4.57. The number of nitrogens with zero attached hydrogens (tertiary/aromatic N) is 1. The highest BCUT2D eigenvalue weighted by atomic mass is 16.5. The van der Waals surface area contributed by atoms with Gasteiger partial charge in [0.15, 0.2) is 0 Å². The second kappa shape index (κ2) is 5.19. The van der Waals surface area contributed by atoms with E-state index in [-0.39, 0.29) is 5.84 Å². The largest absolute Gasteiger partial charge is 0.384 e. The molecule has 0 amide bonds. The van der Waals surface area contributed by atoms with E-state index in [1.165, 1.54) is 0 Å². The van der Waals surface area contributed by atoms with Crippen molar-refractivity contribution in [2.45, 2.75) is 6.42 Å². The van der Waals surface area contributed by atoms with Gasteiger partial charge in [0, 0.05) is 37.4 Å². The minimum Gasteiger partial charge on any atom is -0.384 e. The van der Waals surface area contributed by atoms with Crippen LogP contribution in [0.15, 0.2) is 24.3 Å². The van der Waals surface area contributed by atoms with Crippen molar-refractivity contribution in [1.29, 1.82) is 5.41 Å². The minimum absolute atomic E-state index is 0.114. The summed E-state index contributed by atoms with van der Waals surface area (Å²) in [6, 6.07) is 7.79. The van der Waals surface area contributed by atoms with E-state index in [4.69, 9.17) is 15.9 Å². The molecule has 1 heterocycles. The van der Waals surface area contributed by atoms with Crippen LogP contribution in [-0.2, 0) is 4.74 Å². The molecule has 0 aliphatic carbocycles. The third kappa shape index (κ3) is 2.97. The molecule has 1 aliphatic rings. The van der Waals surface area contributed by atoms with Crippen molar-refractivity contribution in [2.75, 3.05) is 31.7 Å². The highest BCUT2D eigenvalue weighted by Gasteiger charge is 2.17. The lowest BCUT2D eigenvalue weighted by atomic mass is 10.1. The van der Waals surface area contributed by atoms with E-state index in [0.29, 0.717) is 5.92 Å². The van der Waals surface area contributed by atoms with Crippen LogP contribution in [0.3, 0.4) is 0 Å². The van der Waals surface area contributed by atoms with Crippen molar-refractivity contribution in [3.05, 3.63) is 29.8 Å². The molecule has 0 bridgehead atoms. The molecule has 1 aromatic rings. The van der Waals surface area contributed by atoms with Crippen LogP contribution >= 0.6 is 0 Å². The third-order valence-electron chi connectivity index (χ3n) is 3.18. The summed E-state index contributed by atoms with van der Waals surface area (Å²) in [6.45, 7) is 2.77. The molecule has 1 aromatic carbocycles. The fourth-order valence-electron chi connectivity index (χ4n) is 2.12. The van der Waals surface area contributed by atoms with E-state index in [1.807, 2.05) is 24.3 Å². The first-order chi connectivity index (χ1) is 8.16. The summed E-state index contributed by atoms with van der Waals surface area (Å²) in [5.74, 6) is 0.746. The van der Waals surface area contributed by atoms with Gasteiger partial charge in [0.1, 0.15) is 5.84 Å². The van der Waals surface area contributed by atoms with Crippen LogP contribution in [-0.4, -0.2) is 32.6 Å². The molecule has 0 spiro atoms. The predicted molar refractivity (Wildman–Crippen MR) is 69.7 cm³/mol. The van der Waals surface area contributed by atoms with Crippen LogP contribution in [0, 0.1) is 11.3 Å². The average molecular weight is 233 g/mol. The van der Waals surface area contributed by atoms with Crippen molar-refractivity contribution in [1.82, 2.24) is 0 Å². The summed E-state index contributed by atoms with van der Waals surface area (Å²) in [7, 11) is 2.08. The van der Waals surface area contributed by atoms with E-state index in [9.17, 15) is 0 Å². The average Bonchev–Trinajstić information content (AvgIpc) is 2.82. The lowest BCUT2D eigenvalue weighted by Crippen LogP contribution is -2.25. The number of benzene rings is 1. The summed E-state index contributed by atoms with van der Waals surface area (Å²) in [6.07, 6.45) is 1.15. The molecular formula is C13H19N3O. The van der Waals surface area contributed by atoms with Crippen LogP contribution in [0.2, 0.25) is 0 Å². The van der Waals surface area contributed by atoms with Crippen LogP contribution in [0.5, 0.6) is 0 Å². The van der Waals surface area contributed by atoms with Gasteiger partial charge in [0.2, 0.25) is 0 Å². The molecule has 1 fully saturated rings. The van der Waals surface area contributed by atoms with E-state index < -0.39 is 0 Å². The molecule has 1 unspecified atom stereocenters. The van der Waals surface area contributed by atoms with Gasteiger partial charge >= 0.3 is 0 Å². The van der Waals surface area contributed by atoms with Gasteiger partial charge in [0.05, 0.1) is 6.61 Å². The van der Waals surface area contributed by atoms with E-state index in [0.717, 1.165) is 37.4 Å². The number of nitrogen functional groups attached to an aromatic ring is 1. The summed E-state index contributed by atoms with van der Waals surface area (Å²) in [5.41, 5.74) is 7.35. The van der Waals surface area contributed by atoms with Crippen molar-refractivity contribution in [3.63, 3.8) is 0 Å². The first-order valence-electron chi connectivity index (χ1n) is 5.90. The van der Waals surface area contributed by atoms with Crippen LogP contribution in [0.25, 0.3) is 0 Å². The molecular weight excluding hydrogens is 214 g/mol. The number of nitrogens with one attached hydrogen (secondary N) is 1. The molecule has 4 nitrogen and oxygen atoms in total. The summed E-state index contributed by atoms with van der Waals surface area (Å²) in [5, 5.41) is 7.34. The van der Waals surface area contributed by atoms with Gasteiger partial charge in [0.25, 0.3) is 0 Å². The summed E-state index contributed by atoms with van der Waals surface area (Å²) < 4.78 is 5.37. The van der Waals surface area contributed by atoms with Crippen molar-refractivity contribution < 1.29 is 4.74 Å². The molecule has 92 valence electrons. The molecule has 1 atom stereocenters. The Morgan fingerprint density at radius 3 is 2.71 bits per heavy atom. The third-order valence-corrected chi connectivity index (χ3v) is 3.18. The van der Waals surface area contributed by atoms with Crippen molar-refractivity contribution in [3.8, 4) is 0 Å². The standard InChI is InChI=1S/C13H19N3O/c1-16(8-10-6-7-17-9-10)12-4-2-11(3-5-12)13(14)15/h2-5,10H,6-9H2,1H3,(H3,14,15). The quantitative estimate of drug-likeness (QED) is 0.611. The first kappa shape index (κ1) is 11.9. The maximum absolute atomic E-state index is 7.34. The Labute approximate surface area is 102 Å². The molecule has 0 radical (unpaired) electrons. The highest BCUT2D eigenvalue weighted by molar-refractivity contribution is 5.95. The smallest absolute Gasteiger partial charge is 0.122 e. The van der Waals surface area contributed by atoms with E-state index in [2.05, 4.69) is 11.9 Å². The number of amidine groups is 1. The monoisotopic (exact) mass is 233 g/mol. The van der Waals surface area contributed by atoms with Gasteiger partial charge in [-0.1, -0.05) is 0 Å². The molecule has 0 aromatic heterocycles. The van der Waals surface area contributed by atoms with Gasteiger partial charge in [-0.3, -0.25) is 5.41 Å². The lowest BCUT2D eigenvalue weighted by Gasteiger charge is -2.22. The van der Waals surface area contributed by atoms with Crippen molar-refractivity contribution >= 4 is 11.5 Å². The highest BCUT2D eigenvalue weighted by Crippen LogP contribution is 2.19. The van der Waals surface area contributed by atoms with Crippen molar-refractivity contribution in [2.24, 2.45) is 11.7 Å². The zero-order chi connectivity index (χ0) is 12.3. The number of hydrogen-bond acceptors (Lipinski definition) is 3. The van der Waals surface area contributed by atoms with Crippen LogP contribution in [0.4, 0.5) is 5.69 Å². The fourth-order valence-corrected chi connectivity index (χ4v) is 2.12. The van der Waals surface area contributed by atoms with E-state index >= 15 is 0 Å². The molecule has 1 saturated heterocycles. The molecule has 4 heteroatoms. The van der Waals surface area contributed by atoms with E-state index in [1.54, 1.807) is 0 Å². The summed E-state index contributed by atoms with van der Waals surface area (Å²) in [4.78, 5) is 2.23. The maximum Gasteiger partial charge on any atom is 0.122 e. The van der Waals surface area contributed by atoms with Crippen LogP contribution < -0.4 is 10.6 Å². The van der Waals surface area contributed by atoms with Gasteiger partial charge < -0.3 is 15.4 Å². The Morgan fingerprint density at radius 1 is 1.47 bits per heavy atom. The number of hydrogen-bond donors (Lipinski definition) is 2. The Bertz CT molecular complexity index is 382. The van der Waals surface area contributed by atoms with Crippen LogP contribution in [0.1, 0.15) is 12.0 Å². The predicted octanol–water partition coefficient (Wildman–Crippen LogP) is 1.44. The first-order valence-corrected chi connectivity index (χ1v) is 5.90. The Kier molecular flexibility index (Phi) is 3.64. The SMILES string of the molecule is CN(CC1CCOC1)c1ccc(C(=N)N)cc1. The number of rotatable bonds is 4. The summed E-state index contributed by atoms with van der Waals surface area (Å²) >= 11 is 0.